The Balaban J connectivity index is 1.32. The van der Waals surface area contributed by atoms with E-state index in [0.29, 0.717) is 36.3 Å². The van der Waals surface area contributed by atoms with E-state index in [1.54, 1.807) is 7.11 Å². The number of likely N-dealkylation sites (tertiary alicyclic amines) is 1. The standard InChI is InChI=1S/C36H49N5O3/c1-7-16-38-35(42)29-21-26(3)34(27(4)22-29)36(43)39-18-13-28(5)40-19-14-32(15-20-40)41(24-30-23-37-17-12-25(30)2)31-8-10-33(44-6)11-9-31/h8-12,17,21-23,28,32H,7,13-16,18-20,24H2,1-6H3,(H,38,42)(H,39,43)/t28-/m1/s1. The summed E-state index contributed by atoms with van der Waals surface area (Å²) < 4.78 is 5.40. The van der Waals surface area contributed by atoms with E-state index < -0.39 is 0 Å². The number of ether oxygens (including phenoxy) is 1. The number of aryl methyl sites for hydroxylation is 3. The Kier molecular flexibility index (Phi) is 11.8. The van der Waals surface area contributed by atoms with Crippen LogP contribution in [0, 0.1) is 20.8 Å². The fraction of sp³-hybridized carbons (Fsp3) is 0.472. The Labute approximate surface area is 263 Å². The molecular formula is C36H49N5O3. The summed E-state index contributed by atoms with van der Waals surface area (Å²) in [5, 5.41) is 6.04. The molecule has 1 atom stereocenters. The van der Waals surface area contributed by atoms with Crippen molar-refractivity contribution in [3.63, 3.8) is 0 Å². The van der Waals surface area contributed by atoms with Crippen LogP contribution in [0.5, 0.6) is 5.75 Å². The van der Waals surface area contributed by atoms with Crippen LogP contribution in [0.25, 0.3) is 0 Å². The molecule has 0 radical (unpaired) electrons. The number of carbonyl (C=O) groups excluding carboxylic acids is 2. The number of piperidine rings is 1. The molecule has 1 aliphatic rings. The first-order valence-corrected chi connectivity index (χ1v) is 15.9. The van der Waals surface area contributed by atoms with E-state index in [0.717, 1.165) is 62.2 Å². The molecule has 2 N–H and O–H groups in total. The highest BCUT2D eigenvalue weighted by Crippen LogP contribution is 2.29. The number of hydrogen-bond acceptors (Lipinski definition) is 6. The van der Waals surface area contributed by atoms with Gasteiger partial charge in [-0.3, -0.25) is 14.6 Å². The van der Waals surface area contributed by atoms with Gasteiger partial charge in [0.1, 0.15) is 5.75 Å². The molecule has 8 heteroatoms. The normalized spacial score (nSPS) is 14.6. The second kappa shape index (κ2) is 15.7. The predicted molar refractivity (Wildman–Crippen MR) is 178 cm³/mol. The predicted octanol–water partition coefficient (Wildman–Crippen LogP) is 5.83. The minimum Gasteiger partial charge on any atom is -0.497 e. The molecule has 1 fully saturated rings. The van der Waals surface area contributed by atoms with Crippen LogP contribution in [0.3, 0.4) is 0 Å². The van der Waals surface area contributed by atoms with Crippen LogP contribution in [-0.2, 0) is 6.54 Å². The lowest BCUT2D eigenvalue weighted by Gasteiger charge is -2.42. The molecule has 1 aromatic heterocycles. The lowest BCUT2D eigenvalue weighted by Crippen LogP contribution is -2.48. The lowest BCUT2D eigenvalue weighted by molar-refractivity contribution is 0.0935. The van der Waals surface area contributed by atoms with E-state index in [9.17, 15) is 9.59 Å². The number of nitrogens with one attached hydrogen (secondary N) is 2. The Morgan fingerprint density at radius 3 is 2.25 bits per heavy atom. The molecule has 1 saturated heterocycles. The van der Waals surface area contributed by atoms with Crippen molar-refractivity contribution >= 4 is 17.5 Å². The number of methoxy groups -OCH3 is 1. The van der Waals surface area contributed by atoms with Gasteiger partial charge in [-0.05, 0) is 118 Å². The van der Waals surface area contributed by atoms with E-state index in [-0.39, 0.29) is 11.8 Å². The molecule has 0 aliphatic carbocycles. The number of anilines is 1. The SMILES string of the molecule is CCCNC(=O)c1cc(C)c(C(=O)NCC[C@@H](C)N2CCC(N(Cc3cnccc3C)c3ccc(OC)cc3)CC2)c(C)c1. The molecule has 8 nitrogen and oxygen atoms in total. The Bertz CT molecular complexity index is 1380. The second-order valence-electron chi connectivity index (χ2n) is 12.0. The zero-order valence-corrected chi connectivity index (χ0v) is 27.3. The maximum Gasteiger partial charge on any atom is 0.251 e. The summed E-state index contributed by atoms with van der Waals surface area (Å²) >= 11 is 0. The number of pyridine rings is 1. The van der Waals surface area contributed by atoms with E-state index in [1.165, 1.54) is 16.8 Å². The summed E-state index contributed by atoms with van der Waals surface area (Å²) in [6.07, 6.45) is 7.74. The zero-order chi connectivity index (χ0) is 31.6. The molecular weight excluding hydrogens is 550 g/mol. The van der Waals surface area contributed by atoms with Gasteiger partial charge >= 0.3 is 0 Å². The molecule has 1 aliphatic heterocycles. The molecule has 44 heavy (non-hydrogen) atoms. The summed E-state index contributed by atoms with van der Waals surface area (Å²) in [6, 6.07) is 14.9. The van der Waals surface area contributed by atoms with Crippen molar-refractivity contribution in [2.75, 3.05) is 38.2 Å². The summed E-state index contributed by atoms with van der Waals surface area (Å²) in [4.78, 5) is 35.0. The smallest absolute Gasteiger partial charge is 0.251 e. The highest BCUT2D eigenvalue weighted by Gasteiger charge is 2.28. The largest absolute Gasteiger partial charge is 0.497 e. The van der Waals surface area contributed by atoms with Gasteiger partial charge in [-0.2, -0.15) is 0 Å². The van der Waals surface area contributed by atoms with Crippen LogP contribution < -0.4 is 20.3 Å². The Morgan fingerprint density at radius 1 is 0.977 bits per heavy atom. The van der Waals surface area contributed by atoms with Crippen molar-refractivity contribution in [1.29, 1.82) is 0 Å². The van der Waals surface area contributed by atoms with Crippen LogP contribution in [0.4, 0.5) is 5.69 Å². The van der Waals surface area contributed by atoms with Crippen molar-refractivity contribution < 1.29 is 14.3 Å². The third-order valence-electron chi connectivity index (χ3n) is 8.86. The van der Waals surface area contributed by atoms with Gasteiger partial charge in [-0.1, -0.05) is 6.92 Å². The molecule has 2 amide bonds. The Hall–Kier alpha value is -3.91. The first-order valence-electron chi connectivity index (χ1n) is 15.9. The van der Waals surface area contributed by atoms with Gasteiger partial charge in [0.2, 0.25) is 0 Å². The van der Waals surface area contributed by atoms with Crippen LogP contribution >= 0.6 is 0 Å². The van der Waals surface area contributed by atoms with Gasteiger partial charge in [0.15, 0.2) is 0 Å². The van der Waals surface area contributed by atoms with Gasteiger partial charge in [-0.25, -0.2) is 0 Å². The average Bonchev–Trinajstić information content (AvgIpc) is 3.03. The van der Waals surface area contributed by atoms with Crippen LogP contribution in [-0.4, -0.2) is 67.1 Å². The third kappa shape index (κ3) is 8.38. The summed E-state index contributed by atoms with van der Waals surface area (Å²) in [6.45, 7) is 14.3. The molecule has 4 rings (SSSR count). The molecule has 236 valence electrons. The van der Waals surface area contributed by atoms with Crippen LogP contribution in [0.1, 0.15) is 82.5 Å². The highest BCUT2D eigenvalue weighted by molar-refractivity contribution is 6.00. The van der Waals surface area contributed by atoms with E-state index in [2.05, 4.69) is 57.5 Å². The van der Waals surface area contributed by atoms with Gasteiger partial charge < -0.3 is 25.2 Å². The summed E-state index contributed by atoms with van der Waals surface area (Å²) in [5.41, 5.74) is 6.60. The van der Waals surface area contributed by atoms with E-state index in [1.807, 2.05) is 57.4 Å². The van der Waals surface area contributed by atoms with Crippen LogP contribution in [0.15, 0.2) is 54.9 Å². The zero-order valence-electron chi connectivity index (χ0n) is 27.3. The average molecular weight is 600 g/mol. The fourth-order valence-electron chi connectivity index (χ4n) is 6.15. The summed E-state index contributed by atoms with van der Waals surface area (Å²) in [5.74, 6) is 0.688. The molecule has 0 saturated carbocycles. The number of amides is 2. The highest BCUT2D eigenvalue weighted by atomic mass is 16.5. The molecule has 0 spiro atoms. The maximum atomic E-state index is 13.1. The van der Waals surface area contributed by atoms with Crippen LogP contribution in [0.2, 0.25) is 0 Å². The Morgan fingerprint density at radius 2 is 1.64 bits per heavy atom. The topological polar surface area (TPSA) is 86.8 Å². The number of benzene rings is 2. The first-order chi connectivity index (χ1) is 21.2. The minimum absolute atomic E-state index is 0.0766. The minimum atomic E-state index is -0.0955. The van der Waals surface area contributed by atoms with Crippen molar-refractivity contribution in [3.05, 3.63) is 88.2 Å². The maximum absolute atomic E-state index is 13.1. The van der Waals surface area contributed by atoms with Gasteiger partial charge in [0.05, 0.1) is 7.11 Å². The van der Waals surface area contributed by atoms with Crippen molar-refractivity contribution in [2.45, 2.75) is 78.9 Å². The third-order valence-corrected chi connectivity index (χ3v) is 8.86. The van der Waals surface area contributed by atoms with E-state index >= 15 is 0 Å². The molecule has 2 aromatic carbocycles. The number of carbonyl (C=O) groups is 2. The molecule has 0 unspecified atom stereocenters. The molecule has 3 aromatic rings. The molecule has 2 heterocycles. The van der Waals surface area contributed by atoms with Gasteiger partial charge in [0.25, 0.3) is 11.8 Å². The number of nitrogens with zero attached hydrogens (tertiary/aromatic N) is 3. The van der Waals surface area contributed by atoms with Crippen molar-refractivity contribution in [3.8, 4) is 5.75 Å². The van der Waals surface area contributed by atoms with Crippen molar-refractivity contribution in [1.82, 2.24) is 20.5 Å². The van der Waals surface area contributed by atoms with Gasteiger partial charge in [-0.15, -0.1) is 0 Å². The number of rotatable bonds is 13. The van der Waals surface area contributed by atoms with Crippen molar-refractivity contribution in [2.24, 2.45) is 0 Å². The van der Waals surface area contributed by atoms with Gasteiger partial charge in [0, 0.05) is 74.0 Å². The first kappa shape index (κ1) is 33.0. The lowest BCUT2D eigenvalue weighted by atomic mass is 9.98. The quantitative estimate of drug-likeness (QED) is 0.257. The van der Waals surface area contributed by atoms with E-state index in [4.69, 9.17) is 4.74 Å². The monoisotopic (exact) mass is 599 g/mol. The number of aromatic nitrogens is 1. The molecule has 0 bridgehead atoms. The number of hydrogen-bond donors (Lipinski definition) is 2. The summed E-state index contributed by atoms with van der Waals surface area (Å²) in [7, 11) is 1.70. The second-order valence-corrected chi connectivity index (χ2v) is 12.0. The fourth-order valence-corrected chi connectivity index (χ4v) is 6.15.